The summed E-state index contributed by atoms with van der Waals surface area (Å²) < 4.78 is 5.83. The van der Waals surface area contributed by atoms with Crippen LogP contribution in [0.3, 0.4) is 0 Å². The van der Waals surface area contributed by atoms with E-state index in [1.807, 2.05) is 29.2 Å². The van der Waals surface area contributed by atoms with Gasteiger partial charge in [-0.1, -0.05) is 37.1 Å². The van der Waals surface area contributed by atoms with Gasteiger partial charge in [0.05, 0.1) is 24.4 Å². The molecular formula is C18H20ClN3O2. The van der Waals surface area contributed by atoms with Gasteiger partial charge in [0.1, 0.15) is 12.4 Å². The van der Waals surface area contributed by atoms with Crippen LogP contribution in [0.25, 0.3) is 0 Å². The zero-order valence-corrected chi connectivity index (χ0v) is 14.4. The van der Waals surface area contributed by atoms with E-state index in [0.29, 0.717) is 30.3 Å². The molecule has 6 heteroatoms. The van der Waals surface area contributed by atoms with E-state index < -0.39 is 0 Å². The fourth-order valence-corrected chi connectivity index (χ4v) is 2.98. The second kappa shape index (κ2) is 7.73. The Kier molecular flexibility index (Phi) is 5.43. The van der Waals surface area contributed by atoms with E-state index in [9.17, 15) is 4.79 Å². The number of carbonyl (C=O) groups excluding carboxylic acids is 1. The predicted octanol–water partition coefficient (Wildman–Crippen LogP) is 3.30. The standard InChI is InChI=1S/C18H20ClN3O2/c1-2-3-16-15(10-20-12-21-16)18(23)22-8-9-24-17(11-22)13-4-6-14(19)7-5-13/h4-7,10,12,17H,2-3,8-9,11H2,1H3/t17-/m1/s1. The lowest BCUT2D eigenvalue weighted by Gasteiger charge is -2.33. The van der Waals surface area contributed by atoms with Crippen molar-refractivity contribution in [3.8, 4) is 0 Å². The van der Waals surface area contributed by atoms with Crippen LogP contribution in [0.2, 0.25) is 5.02 Å². The van der Waals surface area contributed by atoms with Crippen molar-refractivity contribution in [2.45, 2.75) is 25.9 Å². The number of hydrogen-bond acceptors (Lipinski definition) is 4. The molecule has 1 saturated heterocycles. The number of halogens is 1. The summed E-state index contributed by atoms with van der Waals surface area (Å²) in [6.45, 7) is 3.67. The van der Waals surface area contributed by atoms with Gasteiger partial charge in [0.25, 0.3) is 5.91 Å². The second-order valence-electron chi connectivity index (χ2n) is 5.80. The number of aryl methyl sites for hydroxylation is 1. The van der Waals surface area contributed by atoms with Crippen molar-refractivity contribution in [1.29, 1.82) is 0 Å². The first-order valence-corrected chi connectivity index (χ1v) is 8.52. The van der Waals surface area contributed by atoms with E-state index in [4.69, 9.17) is 16.3 Å². The minimum absolute atomic E-state index is 0.0266. The highest BCUT2D eigenvalue weighted by Gasteiger charge is 2.27. The summed E-state index contributed by atoms with van der Waals surface area (Å²) in [6.07, 6.45) is 4.69. The molecule has 5 nitrogen and oxygen atoms in total. The lowest BCUT2D eigenvalue weighted by atomic mass is 10.1. The molecule has 2 aromatic rings. The molecule has 0 spiro atoms. The number of nitrogens with zero attached hydrogens (tertiary/aromatic N) is 3. The summed E-state index contributed by atoms with van der Waals surface area (Å²) in [6, 6.07) is 7.56. The van der Waals surface area contributed by atoms with Crippen molar-refractivity contribution in [3.05, 3.63) is 58.6 Å². The van der Waals surface area contributed by atoms with Crippen molar-refractivity contribution in [2.75, 3.05) is 19.7 Å². The number of aromatic nitrogens is 2. The smallest absolute Gasteiger partial charge is 0.257 e. The first kappa shape index (κ1) is 16.9. The Labute approximate surface area is 146 Å². The van der Waals surface area contributed by atoms with Gasteiger partial charge in [-0.25, -0.2) is 9.97 Å². The molecular weight excluding hydrogens is 326 g/mol. The van der Waals surface area contributed by atoms with Crippen LogP contribution in [0.15, 0.2) is 36.8 Å². The molecule has 1 aromatic carbocycles. The minimum atomic E-state index is -0.140. The lowest BCUT2D eigenvalue weighted by molar-refractivity contribution is -0.0228. The van der Waals surface area contributed by atoms with Gasteiger partial charge in [-0.15, -0.1) is 0 Å². The van der Waals surface area contributed by atoms with Crippen LogP contribution in [-0.4, -0.2) is 40.5 Å². The third-order valence-corrected chi connectivity index (χ3v) is 4.36. The average molecular weight is 346 g/mol. The van der Waals surface area contributed by atoms with Crippen molar-refractivity contribution in [1.82, 2.24) is 14.9 Å². The van der Waals surface area contributed by atoms with E-state index in [0.717, 1.165) is 24.1 Å². The highest BCUT2D eigenvalue weighted by molar-refractivity contribution is 6.30. The predicted molar refractivity (Wildman–Crippen MR) is 92.1 cm³/mol. The third-order valence-electron chi connectivity index (χ3n) is 4.11. The SMILES string of the molecule is CCCc1ncncc1C(=O)N1CCO[C@@H](c2ccc(Cl)cc2)C1. The molecule has 1 aromatic heterocycles. The average Bonchev–Trinajstić information content (AvgIpc) is 2.63. The first-order chi connectivity index (χ1) is 11.7. The summed E-state index contributed by atoms with van der Waals surface area (Å²) in [5.41, 5.74) is 2.43. The molecule has 0 N–H and O–H groups in total. The van der Waals surface area contributed by atoms with E-state index in [1.165, 1.54) is 6.33 Å². The highest BCUT2D eigenvalue weighted by Crippen LogP contribution is 2.25. The van der Waals surface area contributed by atoms with Crippen LogP contribution in [0.5, 0.6) is 0 Å². The van der Waals surface area contributed by atoms with E-state index in [-0.39, 0.29) is 12.0 Å². The van der Waals surface area contributed by atoms with Gasteiger partial charge in [-0.3, -0.25) is 4.79 Å². The Hall–Kier alpha value is -1.98. The Bertz CT molecular complexity index is 706. The summed E-state index contributed by atoms with van der Waals surface area (Å²) >= 11 is 5.94. The molecule has 1 aliphatic heterocycles. The number of carbonyl (C=O) groups is 1. The lowest BCUT2D eigenvalue weighted by Crippen LogP contribution is -2.42. The van der Waals surface area contributed by atoms with Crippen molar-refractivity contribution in [2.24, 2.45) is 0 Å². The molecule has 0 saturated carbocycles. The molecule has 24 heavy (non-hydrogen) atoms. The number of hydrogen-bond donors (Lipinski definition) is 0. The number of benzene rings is 1. The Morgan fingerprint density at radius 3 is 2.92 bits per heavy atom. The number of rotatable bonds is 4. The van der Waals surface area contributed by atoms with Crippen LogP contribution in [0.4, 0.5) is 0 Å². The molecule has 1 aliphatic rings. The molecule has 1 fully saturated rings. The highest BCUT2D eigenvalue weighted by atomic mass is 35.5. The van der Waals surface area contributed by atoms with Crippen LogP contribution in [0.1, 0.15) is 41.1 Å². The van der Waals surface area contributed by atoms with Gasteiger partial charge in [-0.2, -0.15) is 0 Å². The molecule has 3 rings (SSSR count). The summed E-state index contributed by atoms with van der Waals surface area (Å²) in [4.78, 5) is 23.0. The Balaban J connectivity index is 1.77. The zero-order valence-electron chi connectivity index (χ0n) is 13.6. The minimum Gasteiger partial charge on any atom is -0.370 e. The monoisotopic (exact) mass is 345 g/mol. The van der Waals surface area contributed by atoms with Gasteiger partial charge >= 0.3 is 0 Å². The maximum atomic E-state index is 12.9. The Morgan fingerprint density at radius 2 is 2.17 bits per heavy atom. The zero-order chi connectivity index (χ0) is 16.9. The maximum absolute atomic E-state index is 12.9. The Morgan fingerprint density at radius 1 is 1.38 bits per heavy atom. The van der Waals surface area contributed by atoms with Crippen LogP contribution < -0.4 is 0 Å². The maximum Gasteiger partial charge on any atom is 0.257 e. The molecule has 0 aliphatic carbocycles. The van der Waals surface area contributed by atoms with Crippen molar-refractivity contribution < 1.29 is 9.53 Å². The summed E-state index contributed by atoms with van der Waals surface area (Å²) in [5, 5.41) is 0.688. The van der Waals surface area contributed by atoms with Crippen molar-refractivity contribution in [3.63, 3.8) is 0 Å². The molecule has 1 atom stereocenters. The fraction of sp³-hybridized carbons (Fsp3) is 0.389. The van der Waals surface area contributed by atoms with E-state index >= 15 is 0 Å². The largest absolute Gasteiger partial charge is 0.370 e. The molecule has 0 radical (unpaired) electrons. The molecule has 0 bridgehead atoms. The second-order valence-corrected chi connectivity index (χ2v) is 6.23. The number of ether oxygens (including phenoxy) is 1. The quantitative estimate of drug-likeness (QED) is 0.853. The van der Waals surface area contributed by atoms with Gasteiger partial charge in [0, 0.05) is 17.8 Å². The topological polar surface area (TPSA) is 55.3 Å². The normalized spacial score (nSPS) is 17.8. The van der Waals surface area contributed by atoms with E-state index in [2.05, 4.69) is 16.9 Å². The third kappa shape index (κ3) is 3.74. The van der Waals surface area contributed by atoms with Crippen LogP contribution in [0, 0.1) is 0 Å². The first-order valence-electron chi connectivity index (χ1n) is 8.14. The van der Waals surface area contributed by atoms with Crippen molar-refractivity contribution >= 4 is 17.5 Å². The molecule has 0 unspecified atom stereocenters. The van der Waals surface area contributed by atoms with Gasteiger partial charge in [0.2, 0.25) is 0 Å². The fourth-order valence-electron chi connectivity index (χ4n) is 2.85. The molecule has 2 heterocycles. The molecule has 1 amide bonds. The van der Waals surface area contributed by atoms with Gasteiger partial charge < -0.3 is 9.64 Å². The van der Waals surface area contributed by atoms with Crippen LogP contribution >= 0.6 is 11.6 Å². The number of amides is 1. The van der Waals surface area contributed by atoms with Gasteiger partial charge in [0.15, 0.2) is 0 Å². The number of morpholine rings is 1. The summed E-state index contributed by atoms with van der Waals surface area (Å²) in [7, 11) is 0. The summed E-state index contributed by atoms with van der Waals surface area (Å²) in [5.74, 6) is -0.0266. The molecule has 126 valence electrons. The van der Waals surface area contributed by atoms with Gasteiger partial charge in [-0.05, 0) is 24.1 Å². The van der Waals surface area contributed by atoms with E-state index in [1.54, 1.807) is 6.20 Å². The van der Waals surface area contributed by atoms with Crippen LogP contribution in [-0.2, 0) is 11.2 Å².